The van der Waals surface area contributed by atoms with Crippen molar-refractivity contribution in [2.75, 3.05) is 0 Å². The monoisotopic (exact) mass is 198 g/mol. The van der Waals surface area contributed by atoms with Gasteiger partial charge in [0.15, 0.2) is 0 Å². The third kappa shape index (κ3) is 1.38. The summed E-state index contributed by atoms with van der Waals surface area (Å²) in [6.07, 6.45) is 2.75. The van der Waals surface area contributed by atoms with E-state index in [4.69, 9.17) is 11.5 Å². The van der Waals surface area contributed by atoms with Crippen LogP contribution in [0.25, 0.3) is 0 Å². The number of rotatable bonds is 2. The summed E-state index contributed by atoms with van der Waals surface area (Å²) in [4.78, 5) is 23.2. The van der Waals surface area contributed by atoms with Crippen molar-refractivity contribution in [2.24, 2.45) is 16.9 Å². The first-order valence-electron chi connectivity index (χ1n) is 4.94. The van der Waals surface area contributed by atoms with Crippen LogP contribution in [0, 0.1) is 5.41 Å². The van der Waals surface area contributed by atoms with Gasteiger partial charge in [0.1, 0.15) is 17.0 Å². The van der Waals surface area contributed by atoms with Crippen molar-refractivity contribution in [3.05, 3.63) is 0 Å². The Morgan fingerprint density at radius 1 is 1.00 bits per heavy atom. The minimum absolute atomic E-state index is 0.199. The van der Waals surface area contributed by atoms with E-state index in [9.17, 15) is 9.59 Å². The molecule has 1 aliphatic carbocycles. The van der Waals surface area contributed by atoms with Crippen molar-refractivity contribution < 1.29 is 9.59 Å². The van der Waals surface area contributed by atoms with Gasteiger partial charge >= 0.3 is 0 Å². The van der Waals surface area contributed by atoms with Crippen LogP contribution in [0.15, 0.2) is 0 Å². The molecular formula is C10H18N2O2. The number of hydrogen-bond donors (Lipinski definition) is 2. The summed E-state index contributed by atoms with van der Waals surface area (Å²) < 4.78 is 0. The zero-order valence-corrected chi connectivity index (χ0v) is 8.80. The minimum atomic E-state index is -1.16. The maximum atomic E-state index is 11.6. The Morgan fingerprint density at radius 3 is 1.71 bits per heavy atom. The van der Waals surface area contributed by atoms with Gasteiger partial charge in [-0.25, -0.2) is 0 Å². The van der Waals surface area contributed by atoms with E-state index in [1.165, 1.54) is 13.8 Å². The molecular weight excluding hydrogens is 180 g/mol. The second kappa shape index (κ2) is 3.44. The lowest BCUT2D eigenvalue weighted by Crippen LogP contribution is -2.69. The van der Waals surface area contributed by atoms with E-state index in [1.807, 2.05) is 0 Å². The molecule has 1 rings (SSSR count). The zero-order valence-electron chi connectivity index (χ0n) is 8.80. The molecule has 14 heavy (non-hydrogen) atoms. The van der Waals surface area contributed by atoms with Crippen LogP contribution in [0.5, 0.6) is 0 Å². The number of nitrogens with two attached hydrogens (primary N) is 2. The lowest BCUT2D eigenvalue weighted by atomic mass is 9.62. The first-order chi connectivity index (χ1) is 6.34. The van der Waals surface area contributed by atoms with Crippen LogP contribution in [0.4, 0.5) is 0 Å². The molecule has 4 N–H and O–H groups in total. The fourth-order valence-electron chi connectivity index (χ4n) is 2.51. The van der Waals surface area contributed by atoms with E-state index in [1.54, 1.807) is 0 Å². The third-order valence-corrected chi connectivity index (χ3v) is 3.39. The number of ketones is 2. The normalized spacial score (nSPS) is 24.3. The molecule has 80 valence electrons. The van der Waals surface area contributed by atoms with Gasteiger partial charge in [0, 0.05) is 0 Å². The molecule has 0 radical (unpaired) electrons. The van der Waals surface area contributed by atoms with Crippen molar-refractivity contribution in [1.29, 1.82) is 0 Å². The first kappa shape index (κ1) is 11.3. The van der Waals surface area contributed by atoms with Gasteiger partial charge in [-0.15, -0.1) is 0 Å². The van der Waals surface area contributed by atoms with E-state index in [2.05, 4.69) is 0 Å². The molecule has 1 aliphatic rings. The molecule has 0 unspecified atom stereocenters. The molecule has 0 saturated heterocycles. The maximum absolute atomic E-state index is 11.6. The minimum Gasteiger partial charge on any atom is -0.312 e. The molecule has 0 aromatic rings. The van der Waals surface area contributed by atoms with Gasteiger partial charge in [-0.2, -0.15) is 0 Å². The molecule has 1 fully saturated rings. The SMILES string of the molecule is CC(=O)C1(C(C)=O)CCCCC1(N)N. The fourth-order valence-corrected chi connectivity index (χ4v) is 2.51. The highest BCUT2D eigenvalue weighted by molar-refractivity contribution is 6.06. The molecule has 4 heteroatoms. The number of Topliss-reactive ketones (excluding diaryl/α,β-unsaturated/α-hetero) is 2. The van der Waals surface area contributed by atoms with Crippen LogP contribution in [0.3, 0.4) is 0 Å². The quantitative estimate of drug-likeness (QED) is 0.495. The maximum Gasteiger partial charge on any atom is 0.146 e. The fraction of sp³-hybridized carbons (Fsp3) is 0.800. The predicted molar refractivity (Wildman–Crippen MR) is 53.4 cm³/mol. The summed E-state index contributed by atoms with van der Waals surface area (Å²) in [6, 6.07) is 0. The predicted octanol–water partition coefficient (Wildman–Crippen LogP) is 0.339. The van der Waals surface area contributed by atoms with Crippen LogP contribution in [-0.4, -0.2) is 17.2 Å². The number of carbonyl (C=O) groups is 2. The molecule has 0 bridgehead atoms. The highest BCUT2D eigenvalue weighted by atomic mass is 16.2. The topological polar surface area (TPSA) is 86.2 Å². The highest BCUT2D eigenvalue weighted by Crippen LogP contribution is 2.41. The summed E-state index contributed by atoms with van der Waals surface area (Å²) >= 11 is 0. The molecule has 4 nitrogen and oxygen atoms in total. The molecule has 0 heterocycles. The molecule has 0 spiro atoms. The third-order valence-electron chi connectivity index (χ3n) is 3.39. The van der Waals surface area contributed by atoms with E-state index < -0.39 is 11.1 Å². The largest absolute Gasteiger partial charge is 0.312 e. The summed E-state index contributed by atoms with van der Waals surface area (Å²) in [5.74, 6) is -0.399. The van der Waals surface area contributed by atoms with Crippen molar-refractivity contribution in [3.8, 4) is 0 Å². The molecule has 1 saturated carbocycles. The Kier molecular flexibility index (Phi) is 2.78. The van der Waals surface area contributed by atoms with Crippen molar-refractivity contribution in [1.82, 2.24) is 0 Å². The van der Waals surface area contributed by atoms with Crippen molar-refractivity contribution >= 4 is 11.6 Å². The van der Waals surface area contributed by atoms with E-state index in [0.717, 1.165) is 12.8 Å². The van der Waals surface area contributed by atoms with E-state index in [-0.39, 0.29) is 11.6 Å². The molecule has 0 aliphatic heterocycles. The van der Waals surface area contributed by atoms with Gasteiger partial charge in [-0.1, -0.05) is 12.8 Å². The average Bonchev–Trinajstić information content (AvgIpc) is 2.02. The van der Waals surface area contributed by atoms with Crippen molar-refractivity contribution in [3.63, 3.8) is 0 Å². The van der Waals surface area contributed by atoms with Gasteiger partial charge in [-0.05, 0) is 26.7 Å². The summed E-state index contributed by atoms with van der Waals surface area (Å²) in [6.45, 7) is 2.81. The summed E-state index contributed by atoms with van der Waals surface area (Å²) in [5, 5.41) is 0. The van der Waals surface area contributed by atoms with Crippen LogP contribution >= 0.6 is 0 Å². The van der Waals surface area contributed by atoms with E-state index in [0.29, 0.717) is 12.8 Å². The highest BCUT2D eigenvalue weighted by Gasteiger charge is 2.55. The second-order valence-electron chi connectivity index (χ2n) is 4.27. The van der Waals surface area contributed by atoms with Crippen molar-refractivity contribution in [2.45, 2.75) is 45.2 Å². The Hall–Kier alpha value is -0.740. The summed E-state index contributed by atoms with van der Waals surface area (Å²) in [7, 11) is 0. The smallest absolute Gasteiger partial charge is 0.146 e. The van der Waals surface area contributed by atoms with Gasteiger partial charge in [0.25, 0.3) is 0 Å². The molecule has 0 aromatic carbocycles. The molecule has 0 amide bonds. The number of carbonyl (C=O) groups excluding carboxylic acids is 2. The Labute approximate surface area is 84.0 Å². The molecule has 0 atom stereocenters. The molecule has 0 aromatic heterocycles. The lowest BCUT2D eigenvalue weighted by molar-refractivity contribution is -0.146. The summed E-state index contributed by atoms with van der Waals surface area (Å²) in [5.41, 5.74) is 9.48. The standard InChI is InChI=1S/C10H18N2O2/c1-7(13)9(8(2)14)5-3-4-6-10(9,11)12/h3-6,11-12H2,1-2H3. The Morgan fingerprint density at radius 2 is 1.43 bits per heavy atom. The van der Waals surface area contributed by atoms with Crippen LogP contribution in [-0.2, 0) is 9.59 Å². The van der Waals surface area contributed by atoms with Gasteiger partial charge < -0.3 is 11.5 Å². The second-order valence-corrected chi connectivity index (χ2v) is 4.27. The van der Waals surface area contributed by atoms with Gasteiger partial charge in [0.2, 0.25) is 0 Å². The van der Waals surface area contributed by atoms with Crippen LogP contribution < -0.4 is 11.5 Å². The Bertz CT molecular complexity index is 257. The zero-order chi connectivity index (χ0) is 11.0. The lowest BCUT2D eigenvalue weighted by Gasteiger charge is -2.46. The van der Waals surface area contributed by atoms with Gasteiger partial charge in [-0.3, -0.25) is 9.59 Å². The number of hydrogen-bond acceptors (Lipinski definition) is 4. The first-order valence-corrected chi connectivity index (χ1v) is 4.94. The van der Waals surface area contributed by atoms with E-state index >= 15 is 0 Å². The van der Waals surface area contributed by atoms with Crippen LogP contribution in [0.1, 0.15) is 39.5 Å². The van der Waals surface area contributed by atoms with Gasteiger partial charge in [0.05, 0.1) is 5.66 Å². The van der Waals surface area contributed by atoms with Crippen LogP contribution in [0.2, 0.25) is 0 Å². The average molecular weight is 198 g/mol. The Balaban J connectivity index is 3.18.